The van der Waals surface area contributed by atoms with Crippen LogP contribution in [0.1, 0.15) is 0 Å². The van der Waals surface area contributed by atoms with Gasteiger partial charge in [0.15, 0.2) is 0 Å². The normalized spacial score (nSPS) is 6.67. The Balaban J connectivity index is -0.000000180. The van der Waals surface area contributed by atoms with Crippen molar-refractivity contribution in [2.24, 2.45) is 0 Å². The second-order valence-electron chi connectivity index (χ2n) is 0.713. The molecule has 0 aromatic carbocycles. The Morgan fingerprint density at radius 1 is 0.778 bits per heavy atom. The van der Waals surface area contributed by atoms with Gasteiger partial charge < -0.3 is 24.7 Å². The van der Waals surface area contributed by atoms with E-state index < -0.39 is 14.6 Å². The smallest absolute Gasteiger partial charge is 0.872 e. The summed E-state index contributed by atoms with van der Waals surface area (Å²) in [5.74, 6) is 0. The molecule has 0 atom stereocenters. The van der Waals surface area contributed by atoms with Crippen molar-refractivity contribution in [3.63, 3.8) is 0 Å². The first-order chi connectivity index (χ1) is 3.13. The molecule has 0 aliphatic rings. The standard InChI is InChI=1S/B2O5.2Mg/c3-1(4)7-2(5)6;;/q-4;2*+2. The number of rotatable bonds is 2. The molecular weight excluding hydrogens is 150 g/mol. The summed E-state index contributed by atoms with van der Waals surface area (Å²) in [6, 6.07) is 0. The van der Waals surface area contributed by atoms with Crippen LogP contribution in [0.3, 0.4) is 0 Å². The Morgan fingerprint density at radius 2 is 1.00 bits per heavy atom. The van der Waals surface area contributed by atoms with Gasteiger partial charge >= 0.3 is 46.1 Å². The first-order valence-electron chi connectivity index (χ1n) is 1.41. The van der Waals surface area contributed by atoms with E-state index in [0.29, 0.717) is 0 Å². The summed E-state index contributed by atoms with van der Waals surface area (Å²) >= 11 is 0. The molecule has 40 valence electrons. The third kappa shape index (κ3) is 17.7. The van der Waals surface area contributed by atoms with Crippen molar-refractivity contribution < 1.29 is 24.7 Å². The average Bonchev–Trinajstić information content (AvgIpc) is 1.27. The van der Waals surface area contributed by atoms with E-state index in [0.717, 1.165) is 0 Å². The Kier molecular flexibility index (Phi) is 17.7. The van der Waals surface area contributed by atoms with Crippen molar-refractivity contribution in [3.05, 3.63) is 0 Å². The molecule has 0 aromatic heterocycles. The molecule has 0 aromatic rings. The van der Waals surface area contributed by atoms with Crippen molar-refractivity contribution in [1.29, 1.82) is 0 Å². The molecule has 9 heteroatoms. The molecule has 0 rings (SSSR count). The third-order valence-corrected chi connectivity index (χ3v) is 0.222. The van der Waals surface area contributed by atoms with Gasteiger partial charge in [0.05, 0.1) is 0 Å². The largest absolute Gasteiger partial charge is 2.00 e. The molecule has 0 saturated heterocycles. The van der Waals surface area contributed by atoms with Crippen LogP contribution in [0.4, 0.5) is 0 Å². The SMILES string of the molecule is [Mg+2].[Mg+2].[O-]B([O-])OB([O-])[O-]. The zero-order valence-corrected chi connectivity index (χ0v) is 7.44. The summed E-state index contributed by atoms with van der Waals surface area (Å²) in [7, 11) is -5.50. The van der Waals surface area contributed by atoms with E-state index in [4.69, 9.17) is 20.1 Å². The third-order valence-electron chi connectivity index (χ3n) is 0.222. The molecule has 9 heavy (non-hydrogen) atoms. The summed E-state index contributed by atoms with van der Waals surface area (Å²) in [6.07, 6.45) is 0. The minimum Gasteiger partial charge on any atom is -0.872 e. The van der Waals surface area contributed by atoms with Crippen LogP contribution in [-0.4, -0.2) is 60.7 Å². The van der Waals surface area contributed by atoms with E-state index >= 15 is 0 Å². The van der Waals surface area contributed by atoms with Crippen molar-refractivity contribution in [3.8, 4) is 0 Å². The summed E-state index contributed by atoms with van der Waals surface area (Å²) in [4.78, 5) is 0. The zero-order valence-electron chi connectivity index (χ0n) is 4.61. The fourth-order valence-electron chi connectivity index (χ4n) is 0.0907. The van der Waals surface area contributed by atoms with E-state index in [9.17, 15) is 0 Å². The van der Waals surface area contributed by atoms with Gasteiger partial charge in [-0.1, -0.05) is 0 Å². The minimum absolute atomic E-state index is 0. The van der Waals surface area contributed by atoms with Gasteiger partial charge in [-0.2, -0.15) is 0 Å². The maximum Gasteiger partial charge on any atom is 2.00 e. The molecule has 0 radical (unpaired) electrons. The first kappa shape index (κ1) is 16.8. The molecule has 0 fully saturated rings. The topological polar surface area (TPSA) is 101 Å². The predicted molar refractivity (Wildman–Crippen MR) is 24.1 cm³/mol. The van der Waals surface area contributed by atoms with Gasteiger partial charge in [-0.15, -0.1) is 0 Å². The molecule has 0 aliphatic heterocycles. The number of hydrogen-bond acceptors (Lipinski definition) is 5. The van der Waals surface area contributed by atoms with Crippen LogP contribution in [0.15, 0.2) is 0 Å². The average molecular weight is 150 g/mol. The van der Waals surface area contributed by atoms with Gasteiger partial charge in [0, 0.05) is 14.6 Å². The molecule has 0 N–H and O–H groups in total. The Labute approximate surface area is 85.1 Å². The number of hydrogen-bond donors (Lipinski definition) is 0. The van der Waals surface area contributed by atoms with Crippen LogP contribution in [0, 0.1) is 0 Å². The molecule has 0 bridgehead atoms. The Bertz CT molecular complexity index is 42.2. The van der Waals surface area contributed by atoms with Gasteiger partial charge in [0.1, 0.15) is 0 Å². The zero-order chi connectivity index (χ0) is 5.86. The van der Waals surface area contributed by atoms with Gasteiger partial charge in [0.25, 0.3) is 0 Å². The molecule has 0 heterocycles. The predicted octanol–water partition coefficient (Wildman–Crippen LogP) is -6.35. The van der Waals surface area contributed by atoms with Gasteiger partial charge in [0.2, 0.25) is 0 Å². The molecule has 5 nitrogen and oxygen atoms in total. The van der Waals surface area contributed by atoms with Crippen LogP contribution >= 0.6 is 0 Å². The second-order valence-corrected chi connectivity index (χ2v) is 0.713. The van der Waals surface area contributed by atoms with Crippen molar-refractivity contribution in [2.75, 3.05) is 0 Å². The van der Waals surface area contributed by atoms with Gasteiger partial charge in [-0.3, -0.25) is 0 Å². The van der Waals surface area contributed by atoms with E-state index in [1.165, 1.54) is 0 Å². The van der Waals surface area contributed by atoms with Gasteiger partial charge in [-0.05, 0) is 0 Å². The fraction of sp³-hybridized carbons (Fsp3) is 0. The molecule has 0 spiro atoms. The van der Waals surface area contributed by atoms with E-state index in [1.807, 2.05) is 0 Å². The molecule has 0 amide bonds. The summed E-state index contributed by atoms with van der Waals surface area (Å²) in [5, 5.41) is 36.6. The summed E-state index contributed by atoms with van der Waals surface area (Å²) < 4.78 is 3.03. The van der Waals surface area contributed by atoms with Gasteiger partial charge in [-0.25, -0.2) is 0 Å². The van der Waals surface area contributed by atoms with Crippen LogP contribution in [0.25, 0.3) is 0 Å². The molecule has 0 unspecified atom stereocenters. The van der Waals surface area contributed by atoms with Crippen molar-refractivity contribution in [2.45, 2.75) is 0 Å². The van der Waals surface area contributed by atoms with Crippen LogP contribution in [-0.2, 0) is 4.57 Å². The second kappa shape index (κ2) is 9.46. The Morgan fingerprint density at radius 3 is 1.00 bits per heavy atom. The maximum atomic E-state index is 9.16. The summed E-state index contributed by atoms with van der Waals surface area (Å²) in [5.41, 5.74) is 0. The maximum absolute atomic E-state index is 9.16. The molecular formula is B2Mg2O5. The van der Waals surface area contributed by atoms with E-state index in [-0.39, 0.29) is 46.1 Å². The van der Waals surface area contributed by atoms with Crippen LogP contribution < -0.4 is 20.1 Å². The van der Waals surface area contributed by atoms with Crippen LogP contribution in [0.5, 0.6) is 0 Å². The minimum atomic E-state index is -2.75. The van der Waals surface area contributed by atoms with Crippen LogP contribution in [0.2, 0.25) is 0 Å². The van der Waals surface area contributed by atoms with E-state index in [2.05, 4.69) is 4.57 Å². The first-order valence-corrected chi connectivity index (χ1v) is 1.41. The molecule has 0 aliphatic carbocycles. The van der Waals surface area contributed by atoms with E-state index in [1.54, 1.807) is 0 Å². The van der Waals surface area contributed by atoms with Crippen molar-refractivity contribution in [1.82, 2.24) is 0 Å². The monoisotopic (exact) mass is 150 g/mol. The van der Waals surface area contributed by atoms with Crippen molar-refractivity contribution >= 4 is 60.7 Å². The quantitative estimate of drug-likeness (QED) is 0.364. The molecule has 0 saturated carbocycles. The Hall–Kier alpha value is 1.46. The fourth-order valence-corrected chi connectivity index (χ4v) is 0.0907. The summed E-state index contributed by atoms with van der Waals surface area (Å²) in [6.45, 7) is 0.